The molecule has 2 atom stereocenters. The first kappa shape index (κ1) is 21.5. The van der Waals surface area contributed by atoms with E-state index in [1.807, 2.05) is 0 Å². The molecule has 0 saturated carbocycles. The first-order valence-electron chi connectivity index (χ1n) is 9.52. The van der Waals surface area contributed by atoms with E-state index in [0.29, 0.717) is 48.4 Å². The molecule has 0 radical (unpaired) electrons. The van der Waals surface area contributed by atoms with Gasteiger partial charge in [-0.15, -0.1) is 0 Å². The van der Waals surface area contributed by atoms with Crippen molar-refractivity contribution in [1.82, 2.24) is 9.78 Å². The molecule has 1 aliphatic heterocycles. The molecule has 2 heterocycles. The van der Waals surface area contributed by atoms with Crippen molar-refractivity contribution in [1.29, 1.82) is 0 Å². The Bertz CT molecular complexity index is 1140. The number of aromatic nitrogens is 2. The zero-order chi connectivity index (χ0) is 21.8. The average molecular weight is 464 g/mol. The minimum Gasteiger partial charge on any atom is -0.457 e. The van der Waals surface area contributed by atoms with Crippen LogP contribution < -0.4 is 15.6 Å². The topological polar surface area (TPSA) is 82.5 Å². The third-order valence-corrected chi connectivity index (χ3v) is 6.65. The number of benzene rings is 2. The first-order valence-corrected chi connectivity index (χ1v) is 11.3. The highest BCUT2D eigenvalue weighted by Gasteiger charge is 2.22. The Kier molecular flexibility index (Phi) is 6.64. The number of nitrogens with one attached hydrogen (secondary N) is 1. The van der Waals surface area contributed by atoms with Crippen molar-refractivity contribution in [3.05, 3.63) is 75.9 Å². The molecule has 4 rings (SSSR count). The molecule has 31 heavy (non-hydrogen) atoms. The summed E-state index contributed by atoms with van der Waals surface area (Å²) in [5.74, 6) is 1.17. The number of halogens is 2. The van der Waals surface area contributed by atoms with Gasteiger partial charge in [0.25, 0.3) is 5.56 Å². The third-order valence-electron chi connectivity index (χ3n) is 4.67. The van der Waals surface area contributed by atoms with Crippen LogP contribution in [0, 0.1) is 5.82 Å². The van der Waals surface area contributed by atoms with Crippen molar-refractivity contribution in [2.75, 3.05) is 30.8 Å². The van der Waals surface area contributed by atoms with Gasteiger partial charge in [-0.05, 0) is 48.5 Å². The molecule has 162 valence electrons. The Morgan fingerprint density at radius 2 is 1.87 bits per heavy atom. The van der Waals surface area contributed by atoms with Gasteiger partial charge >= 0.3 is 0 Å². The number of hydrogen-bond donors (Lipinski definition) is 1. The summed E-state index contributed by atoms with van der Waals surface area (Å²) in [6, 6.07) is 12.3. The van der Waals surface area contributed by atoms with Crippen molar-refractivity contribution >= 4 is 28.1 Å². The third kappa shape index (κ3) is 5.12. The molecule has 1 fully saturated rings. The summed E-state index contributed by atoms with van der Waals surface area (Å²) in [5.41, 5.74) is 0.397. The predicted octanol–water partition coefficient (Wildman–Crippen LogP) is 3.38. The van der Waals surface area contributed by atoms with E-state index in [2.05, 4.69) is 10.4 Å². The predicted molar refractivity (Wildman–Crippen MR) is 117 cm³/mol. The van der Waals surface area contributed by atoms with Crippen molar-refractivity contribution < 1.29 is 18.1 Å². The Labute approximate surface area is 185 Å². The van der Waals surface area contributed by atoms with Gasteiger partial charge in [0.1, 0.15) is 22.3 Å². The monoisotopic (exact) mass is 463 g/mol. The summed E-state index contributed by atoms with van der Waals surface area (Å²) in [4.78, 5) is 12.7. The van der Waals surface area contributed by atoms with Gasteiger partial charge in [-0.1, -0.05) is 11.6 Å². The minimum absolute atomic E-state index is 0.0100. The van der Waals surface area contributed by atoms with E-state index in [0.717, 1.165) is 0 Å². The first-order chi connectivity index (χ1) is 15.0. The molecule has 1 aromatic heterocycles. The highest BCUT2D eigenvalue weighted by atomic mass is 35.5. The summed E-state index contributed by atoms with van der Waals surface area (Å²) in [6.07, 6.45) is 1.46. The summed E-state index contributed by atoms with van der Waals surface area (Å²) < 4.78 is 37.2. The summed E-state index contributed by atoms with van der Waals surface area (Å²) >= 11 is 6.26. The second-order valence-electron chi connectivity index (χ2n) is 6.80. The Morgan fingerprint density at radius 3 is 2.55 bits per heavy atom. The highest BCUT2D eigenvalue weighted by Crippen LogP contribution is 2.23. The van der Waals surface area contributed by atoms with Crippen LogP contribution in [-0.4, -0.2) is 44.8 Å². The fourth-order valence-corrected chi connectivity index (χ4v) is 4.34. The van der Waals surface area contributed by atoms with Crippen molar-refractivity contribution in [3.63, 3.8) is 0 Å². The number of nitrogens with zero attached hydrogens (tertiary/aromatic N) is 2. The second kappa shape index (κ2) is 9.59. The molecular weight excluding hydrogens is 445 g/mol. The van der Waals surface area contributed by atoms with Crippen molar-refractivity contribution in [3.8, 4) is 17.2 Å². The molecule has 3 aromatic rings. The van der Waals surface area contributed by atoms with Crippen LogP contribution in [0.15, 0.2) is 59.5 Å². The largest absolute Gasteiger partial charge is 0.457 e. The molecular formula is C21H19ClFN3O4S. The standard InChI is InChI=1S/C21H19ClFN3O4S/c22-20-19(24-11-18-13-29-9-10-31(18)28)12-25-26(21(20)27)15-3-7-17(8-4-15)30-16-5-1-14(23)2-6-16/h1-8,12,18,24H,9-11,13H2/t18-,31+/m1/s1. The zero-order valence-corrected chi connectivity index (χ0v) is 17.9. The van der Waals surface area contributed by atoms with Gasteiger partial charge < -0.3 is 14.8 Å². The zero-order valence-electron chi connectivity index (χ0n) is 16.3. The fourth-order valence-electron chi connectivity index (χ4n) is 3.01. The molecule has 0 aliphatic carbocycles. The highest BCUT2D eigenvalue weighted by molar-refractivity contribution is 7.85. The molecule has 1 aliphatic rings. The molecule has 0 unspecified atom stereocenters. The Morgan fingerprint density at radius 1 is 1.19 bits per heavy atom. The fraction of sp³-hybridized carbons (Fsp3) is 0.238. The van der Waals surface area contributed by atoms with Crippen LogP contribution in [0.2, 0.25) is 5.02 Å². The lowest BCUT2D eigenvalue weighted by atomic mass is 10.3. The van der Waals surface area contributed by atoms with Gasteiger partial charge in [0.15, 0.2) is 0 Å². The van der Waals surface area contributed by atoms with Gasteiger partial charge in [-0.25, -0.2) is 4.39 Å². The lowest BCUT2D eigenvalue weighted by Crippen LogP contribution is -2.37. The molecule has 0 bridgehead atoms. The second-order valence-corrected chi connectivity index (χ2v) is 9.02. The summed E-state index contributed by atoms with van der Waals surface area (Å²) in [5, 5.41) is 7.05. The maximum Gasteiger partial charge on any atom is 0.292 e. The normalized spacial score (nSPS) is 18.5. The Hall–Kier alpha value is -2.75. The lowest BCUT2D eigenvalue weighted by Gasteiger charge is -2.22. The molecule has 2 aromatic carbocycles. The number of anilines is 1. The average Bonchev–Trinajstić information content (AvgIpc) is 2.78. The maximum absolute atomic E-state index is 13.0. The van der Waals surface area contributed by atoms with Gasteiger partial charge in [0.05, 0.1) is 36.0 Å². The van der Waals surface area contributed by atoms with Crippen molar-refractivity contribution in [2.24, 2.45) is 0 Å². The van der Waals surface area contributed by atoms with Gasteiger partial charge in [0, 0.05) is 23.1 Å². The summed E-state index contributed by atoms with van der Waals surface area (Å²) in [7, 11) is -0.981. The molecule has 1 saturated heterocycles. The molecule has 10 heteroatoms. The molecule has 1 N–H and O–H groups in total. The lowest BCUT2D eigenvalue weighted by molar-refractivity contribution is 0.142. The van der Waals surface area contributed by atoms with Crippen LogP contribution in [0.4, 0.5) is 10.1 Å². The molecule has 0 amide bonds. The van der Waals surface area contributed by atoms with Gasteiger partial charge in [-0.2, -0.15) is 9.78 Å². The van der Waals surface area contributed by atoms with Crippen LogP contribution in [0.25, 0.3) is 5.69 Å². The number of hydrogen-bond acceptors (Lipinski definition) is 6. The van der Waals surface area contributed by atoms with Gasteiger partial charge in [0.2, 0.25) is 0 Å². The van der Waals surface area contributed by atoms with E-state index in [-0.39, 0.29) is 16.1 Å². The van der Waals surface area contributed by atoms with E-state index in [1.165, 1.54) is 35.1 Å². The number of ether oxygens (including phenoxy) is 2. The Balaban J connectivity index is 1.46. The minimum atomic E-state index is -0.981. The maximum atomic E-state index is 13.0. The van der Waals surface area contributed by atoms with Crippen LogP contribution in [0.1, 0.15) is 0 Å². The van der Waals surface area contributed by atoms with E-state index in [9.17, 15) is 13.4 Å². The smallest absolute Gasteiger partial charge is 0.292 e. The van der Waals surface area contributed by atoms with Crippen LogP contribution >= 0.6 is 11.6 Å². The molecule has 0 spiro atoms. The van der Waals surface area contributed by atoms with E-state index in [1.54, 1.807) is 24.3 Å². The quantitative estimate of drug-likeness (QED) is 0.603. The molecule has 7 nitrogen and oxygen atoms in total. The summed E-state index contributed by atoms with van der Waals surface area (Å²) in [6.45, 7) is 1.26. The van der Waals surface area contributed by atoms with Crippen molar-refractivity contribution in [2.45, 2.75) is 5.25 Å². The van der Waals surface area contributed by atoms with Gasteiger partial charge in [-0.3, -0.25) is 9.00 Å². The van der Waals surface area contributed by atoms with Crippen LogP contribution in [0.3, 0.4) is 0 Å². The van der Waals surface area contributed by atoms with E-state index < -0.39 is 16.4 Å². The SMILES string of the molecule is O=c1c(Cl)c(NC[C@@H]2COCC[S@@]2=O)cnn1-c1ccc(Oc2ccc(F)cc2)cc1. The van der Waals surface area contributed by atoms with Crippen LogP contribution in [0.5, 0.6) is 11.5 Å². The number of rotatable bonds is 6. The van der Waals surface area contributed by atoms with Crippen LogP contribution in [-0.2, 0) is 15.5 Å². The van der Waals surface area contributed by atoms with E-state index in [4.69, 9.17) is 21.1 Å². The van der Waals surface area contributed by atoms with E-state index >= 15 is 0 Å².